The van der Waals surface area contributed by atoms with Crippen LogP contribution < -0.4 is 15.5 Å². The predicted molar refractivity (Wildman–Crippen MR) is 103 cm³/mol. The molecule has 1 fully saturated rings. The van der Waals surface area contributed by atoms with Gasteiger partial charge in [-0.1, -0.05) is 6.07 Å². The fourth-order valence-corrected chi connectivity index (χ4v) is 2.97. The van der Waals surface area contributed by atoms with Crippen LogP contribution in [0.2, 0.25) is 0 Å². The summed E-state index contributed by atoms with van der Waals surface area (Å²) in [5, 5.41) is 24.2. The third-order valence-electron chi connectivity index (χ3n) is 4.27. The van der Waals surface area contributed by atoms with E-state index in [4.69, 9.17) is 9.84 Å². The number of anilines is 2. The summed E-state index contributed by atoms with van der Waals surface area (Å²) in [6.07, 6.45) is 0.0522. The molecule has 152 valence electrons. The van der Waals surface area contributed by atoms with Gasteiger partial charge in [0.2, 0.25) is 0 Å². The van der Waals surface area contributed by atoms with Crippen LogP contribution >= 0.6 is 0 Å². The summed E-state index contributed by atoms with van der Waals surface area (Å²) in [7, 11) is 0. The quantitative estimate of drug-likeness (QED) is 0.601. The molecule has 7 nitrogen and oxygen atoms in total. The minimum absolute atomic E-state index is 0.0114. The summed E-state index contributed by atoms with van der Waals surface area (Å²) in [6.45, 7) is 6.44. The van der Waals surface area contributed by atoms with Gasteiger partial charge >= 0.3 is 6.09 Å². The van der Waals surface area contributed by atoms with E-state index in [1.54, 1.807) is 6.07 Å². The first kappa shape index (κ1) is 21.2. The number of hydrogen-bond acceptors (Lipinski definition) is 6. The molecule has 0 radical (unpaired) electrons. The van der Waals surface area contributed by atoms with Crippen LogP contribution in [-0.2, 0) is 4.74 Å². The first-order chi connectivity index (χ1) is 12.7. The number of ether oxygens (including phenoxy) is 1. The van der Waals surface area contributed by atoms with Crippen molar-refractivity contribution in [1.29, 1.82) is 0 Å². The van der Waals surface area contributed by atoms with Crippen LogP contribution in [0.4, 0.5) is 20.6 Å². The molecule has 0 bridgehead atoms. The number of rotatable bonds is 6. The Bertz CT molecular complexity index is 628. The first-order valence-corrected chi connectivity index (χ1v) is 9.25. The van der Waals surface area contributed by atoms with Gasteiger partial charge in [0.05, 0.1) is 24.1 Å². The number of aliphatic hydroxyl groups excluding tert-OH is 2. The number of nitrogens with one attached hydrogen (secondary N) is 2. The summed E-state index contributed by atoms with van der Waals surface area (Å²) in [5.41, 5.74) is 0.478. The molecule has 1 aliphatic heterocycles. The van der Waals surface area contributed by atoms with Crippen molar-refractivity contribution < 1.29 is 24.1 Å². The smallest absolute Gasteiger partial charge is 0.407 e. The molecule has 1 heterocycles. The van der Waals surface area contributed by atoms with Crippen LogP contribution in [0, 0.1) is 5.82 Å². The number of halogens is 1. The maximum absolute atomic E-state index is 14.3. The minimum Gasteiger partial charge on any atom is -0.444 e. The summed E-state index contributed by atoms with van der Waals surface area (Å²) in [6, 6.07) is 4.83. The SMILES string of the molecule is CC(C)(C)OC(=O)NC1CCN(c2cccc(F)c2NCC(O)CO)CC1. The van der Waals surface area contributed by atoms with Gasteiger partial charge in [-0.3, -0.25) is 0 Å². The lowest BCUT2D eigenvalue weighted by Crippen LogP contribution is -2.46. The number of carbonyl (C=O) groups excluding carboxylic acids is 1. The number of hydrogen-bond donors (Lipinski definition) is 4. The highest BCUT2D eigenvalue weighted by Crippen LogP contribution is 2.31. The number of piperidine rings is 1. The van der Waals surface area contributed by atoms with Crippen molar-refractivity contribution in [3.8, 4) is 0 Å². The second-order valence-electron chi connectivity index (χ2n) is 7.76. The van der Waals surface area contributed by atoms with Crippen molar-refractivity contribution in [1.82, 2.24) is 5.32 Å². The molecule has 0 saturated carbocycles. The average Bonchev–Trinajstić information content (AvgIpc) is 2.59. The monoisotopic (exact) mass is 383 g/mol. The zero-order valence-corrected chi connectivity index (χ0v) is 16.2. The molecule has 4 N–H and O–H groups in total. The number of para-hydroxylation sites is 1. The van der Waals surface area contributed by atoms with Gasteiger partial charge in [0.25, 0.3) is 0 Å². The number of benzene rings is 1. The maximum Gasteiger partial charge on any atom is 0.407 e. The third-order valence-corrected chi connectivity index (χ3v) is 4.27. The molecule has 27 heavy (non-hydrogen) atoms. The molecule has 0 aromatic heterocycles. The fraction of sp³-hybridized carbons (Fsp3) is 0.632. The summed E-state index contributed by atoms with van der Waals surface area (Å²) in [4.78, 5) is 13.9. The molecule has 1 saturated heterocycles. The first-order valence-electron chi connectivity index (χ1n) is 9.25. The van der Waals surface area contributed by atoms with Crippen molar-refractivity contribution in [2.24, 2.45) is 0 Å². The molecule has 1 aliphatic rings. The van der Waals surface area contributed by atoms with E-state index in [-0.39, 0.29) is 12.6 Å². The van der Waals surface area contributed by atoms with E-state index in [0.29, 0.717) is 37.3 Å². The Morgan fingerprint density at radius 3 is 2.63 bits per heavy atom. The Labute approximate surface area is 159 Å². The second kappa shape index (κ2) is 9.23. The van der Waals surface area contributed by atoms with E-state index in [1.807, 2.05) is 31.7 Å². The molecule has 1 aromatic rings. The van der Waals surface area contributed by atoms with Crippen LogP contribution in [0.5, 0.6) is 0 Å². The van der Waals surface area contributed by atoms with E-state index in [0.717, 1.165) is 0 Å². The maximum atomic E-state index is 14.3. The van der Waals surface area contributed by atoms with Gasteiger partial charge in [-0.25, -0.2) is 9.18 Å². The summed E-state index contributed by atoms with van der Waals surface area (Å²) < 4.78 is 19.5. The topological polar surface area (TPSA) is 94.1 Å². The standard InChI is InChI=1S/C19H30FN3O4/c1-19(2,3)27-18(26)22-13-7-9-23(10-8-13)16-6-4-5-15(20)17(16)21-11-14(25)12-24/h4-6,13-14,21,24-25H,7-12H2,1-3H3,(H,22,26). The minimum atomic E-state index is -0.957. The molecular weight excluding hydrogens is 353 g/mol. The molecule has 1 amide bonds. The lowest BCUT2D eigenvalue weighted by atomic mass is 10.0. The highest BCUT2D eigenvalue weighted by molar-refractivity contribution is 5.71. The second-order valence-corrected chi connectivity index (χ2v) is 7.76. The van der Waals surface area contributed by atoms with Gasteiger partial charge in [-0.05, 0) is 45.7 Å². The molecular formula is C19H30FN3O4. The molecule has 0 spiro atoms. The van der Waals surface area contributed by atoms with Gasteiger partial charge in [0, 0.05) is 25.7 Å². The van der Waals surface area contributed by atoms with Crippen LogP contribution in [0.25, 0.3) is 0 Å². The van der Waals surface area contributed by atoms with E-state index >= 15 is 0 Å². The van der Waals surface area contributed by atoms with Crippen molar-refractivity contribution in [3.63, 3.8) is 0 Å². The summed E-state index contributed by atoms with van der Waals surface area (Å²) in [5.74, 6) is -0.411. The van der Waals surface area contributed by atoms with Gasteiger partial charge < -0.3 is 30.5 Å². The average molecular weight is 383 g/mol. The Balaban J connectivity index is 1.95. The van der Waals surface area contributed by atoms with Gasteiger partial charge in [-0.2, -0.15) is 0 Å². The summed E-state index contributed by atoms with van der Waals surface area (Å²) >= 11 is 0. The van der Waals surface area contributed by atoms with Gasteiger partial charge in [0.1, 0.15) is 11.4 Å². The van der Waals surface area contributed by atoms with E-state index < -0.39 is 30.2 Å². The molecule has 1 aromatic carbocycles. The third kappa shape index (κ3) is 6.55. The number of aliphatic hydroxyl groups is 2. The largest absolute Gasteiger partial charge is 0.444 e. The highest BCUT2D eigenvalue weighted by atomic mass is 19.1. The predicted octanol–water partition coefficient (Wildman–Crippen LogP) is 2.08. The highest BCUT2D eigenvalue weighted by Gasteiger charge is 2.25. The Kier molecular flexibility index (Phi) is 7.26. The van der Waals surface area contributed by atoms with E-state index in [1.165, 1.54) is 6.07 Å². The van der Waals surface area contributed by atoms with Crippen molar-refractivity contribution in [3.05, 3.63) is 24.0 Å². The zero-order chi connectivity index (χ0) is 20.0. The number of carbonyl (C=O) groups is 1. The molecule has 1 unspecified atom stereocenters. The molecule has 0 aliphatic carbocycles. The van der Waals surface area contributed by atoms with Crippen molar-refractivity contribution in [2.45, 2.75) is 51.4 Å². The number of alkyl carbamates (subject to hydrolysis) is 1. The van der Waals surface area contributed by atoms with E-state index in [9.17, 15) is 14.3 Å². The van der Waals surface area contributed by atoms with Gasteiger partial charge in [-0.15, -0.1) is 0 Å². The van der Waals surface area contributed by atoms with E-state index in [2.05, 4.69) is 10.6 Å². The molecule has 1 atom stereocenters. The Hall–Kier alpha value is -2.06. The van der Waals surface area contributed by atoms with Crippen LogP contribution in [0.3, 0.4) is 0 Å². The number of amides is 1. The van der Waals surface area contributed by atoms with Gasteiger partial charge in [0.15, 0.2) is 0 Å². The number of nitrogens with zero attached hydrogens (tertiary/aromatic N) is 1. The lowest BCUT2D eigenvalue weighted by molar-refractivity contribution is 0.0497. The zero-order valence-electron chi connectivity index (χ0n) is 16.2. The normalized spacial score (nSPS) is 16.7. The lowest BCUT2D eigenvalue weighted by Gasteiger charge is -2.35. The molecule has 8 heteroatoms. The van der Waals surface area contributed by atoms with Crippen LogP contribution in [0.15, 0.2) is 18.2 Å². The molecule has 2 rings (SSSR count). The van der Waals surface area contributed by atoms with Crippen LogP contribution in [0.1, 0.15) is 33.6 Å². The van der Waals surface area contributed by atoms with Crippen molar-refractivity contribution in [2.75, 3.05) is 36.5 Å². The Morgan fingerprint density at radius 1 is 1.37 bits per heavy atom. The fourth-order valence-electron chi connectivity index (χ4n) is 2.97. The van der Waals surface area contributed by atoms with Crippen LogP contribution in [-0.4, -0.2) is 60.3 Å². The van der Waals surface area contributed by atoms with Crippen molar-refractivity contribution >= 4 is 17.5 Å². The Morgan fingerprint density at radius 2 is 2.04 bits per heavy atom.